The van der Waals surface area contributed by atoms with Gasteiger partial charge in [0, 0.05) is 28.0 Å². The Morgan fingerprint density at radius 2 is 1.92 bits per heavy atom. The lowest BCUT2D eigenvalue weighted by atomic mass is 10.1. The summed E-state index contributed by atoms with van der Waals surface area (Å²) in [7, 11) is -0.924. The Morgan fingerprint density at radius 1 is 1.12 bits per heavy atom. The van der Waals surface area contributed by atoms with Crippen molar-refractivity contribution in [3.8, 4) is 0 Å². The molecule has 0 saturated heterocycles. The Labute approximate surface area is 145 Å². The molecule has 2 aromatic rings. The highest BCUT2D eigenvalue weighted by Gasteiger charge is 2.10. The van der Waals surface area contributed by atoms with E-state index < -0.39 is 10.8 Å². The van der Waals surface area contributed by atoms with Crippen LogP contribution in [0.25, 0.3) is 0 Å². The van der Waals surface area contributed by atoms with Crippen LogP contribution in [-0.2, 0) is 29.4 Å². The van der Waals surface area contributed by atoms with Crippen molar-refractivity contribution in [2.45, 2.75) is 25.0 Å². The number of hydrogen-bond acceptors (Lipinski definition) is 2. The normalized spacial score (nSPS) is 15.1. The van der Waals surface area contributed by atoms with Crippen LogP contribution < -0.4 is 11.1 Å². The Kier molecular flexibility index (Phi) is 5.64. The van der Waals surface area contributed by atoms with Gasteiger partial charge in [0.05, 0.1) is 6.54 Å². The Morgan fingerprint density at radius 3 is 2.75 bits per heavy atom. The minimum atomic E-state index is -0.924. The summed E-state index contributed by atoms with van der Waals surface area (Å²) in [6, 6.07) is 16.2. The van der Waals surface area contributed by atoms with Crippen LogP contribution in [0.2, 0.25) is 0 Å². The van der Waals surface area contributed by atoms with Gasteiger partial charge in [-0.05, 0) is 48.1 Å². The molecular formula is C19H23N3OS. The summed E-state index contributed by atoms with van der Waals surface area (Å²) < 4.78 is 12.1. The van der Waals surface area contributed by atoms with Gasteiger partial charge in [-0.1, -0.05) is 36.4 Å². The number of fused-ring (bicyclic) bond motifs is 1. The van der Waals surface area contributed by atoms with Gasteiger partial charge in [-0.3, -0.25) is 9.20 Å². The van der Waals surface area contributed by atoms with Gasteiger partial charge >= 0.3 is 0 Å². The fourth-order valence-electron chi connectivity index (χ4n) is 2.94. The molecule has 126 valence electrons. The molecule has 0 fully saturated rings. The zero-order valence-corrected chi connectivity index (χ0v) is 14.5. The second-order valence-electron chi connectivity index (χ2n) is 6.00. The van der Waals surface area contributed by atoms with Crippen molar-refractivity contribution >= 4 is 22.4 Å². The maximum atomic E-state index is 12.1. The number of hydrogen-bond donors (Lipinski definition) is 2. The molecule has 0 heterocycles. The number of aryl methyl sites for hydroxylation is 2. The first-order valence-corrected chi connectivity index (χ1v) is 9.77. The number of nitrogens with one attached hydrogen (secondary N) is 1. The van der Waals surface area contributed by atoms with Crippen LogP contribution >= 0.6 is 0 Å². The first kappa shape index (κ1) is 16.7. The Balaban J connectivity index is 1.47. The van der Waals surface area contributed by atoms with Crippen LogP contribution in [0.15, 0.2) is 53.5 Å². The highest BCUT2D eigenvalue weighted by atomic mass is 32.2. The molecule has 1 unspecified atom stereocenters. The minimum Gasteiger partial charge on any atom is -0.370 e. The number of nitrogens with zero attached hydrogens (tertiary/aromatic N) is 1. The predicted molar refractivity (Wildman–Crippen MR) is 102 cm³/mol. The molecule has 0 radical (unpaired) electrons. The number of guanidine groups is 1. The molecule has 0 aromatic heterocycles. The highest BCUT2D eigenvalue weighted by Crippen LogP contribution is 2.24. The Bertz CT molecular complexity index is 744. The van der Waals surface area contributed by atoms with E-state index in [4.69, 9.17) is 5.73 Å². The van der Waals surface area contributed by atoms with Crippen molar-refractivity contribution < 1.29 is 4.21 Å². The Hall–Kier alpha value is -2.14. The lowest BCUT2D eigenvalue weighted by Gasteiger charge is -2.08. The maximum absolute atomic E-state index is 12.1. The average Bonchev–Trinajstić information content (AvgIpc) is 3.03. The van der Waals surface area contributed by atoms with Crippen molar-refractivity contribution in [2.75, 3.05) is 17.6 Å². The van der Waals surface area contributed by atoms with Crippen LogP contribution in [0.4, 0.5) is 5.69 Å². The van der Waals surface area contributed by atoms with Crippen LogP contribution in [0, 0.1) is 0 Å². The molecule has 1 aliphatic rings. The number of nitrogens with two attached hydrogens (primary N) is 1. The number of aliphatic imine (C=N–C) groups is 1. The SMILES string of the molecule is NC(=NCCS(=O)Cc1ccccc1)Nc1ccc2c(c1)CCC2. The van der Waals surface area contributed by atoms with Crippen molar-refractivity contribution in [3.05, 3.63) is 65.2 Å². The van der Waals surface area contributed by atoms with E-state index in [0.29, 0.717) is 24.0 Å². The van der Waals surface area contributed by atoms with E-state index in [9.17, 15) is 4.21 Å². The molecule has 0 spiro atoms. The van der Waals surface area contributed by atoms with Gasteiger partial charge in [-0.2, -0.15) is 0 Å². The zero-order chi connectivity index (χ0) is 16.8. The van der Waals surface area contributed by atoms with E-state index in [1.807, 2.05) is 36.4 Å². The van der Waals surface area contributed by atoms with Crippen LogP contribution in [-0.4, -0.2) is 22.5 Å². The lowest BCUT2D eigenvalue weighted by molar-refractivity contribution is 0.682. The first-order chi connectivity index (χ1) is 11.7. The van der Waals surface area contributed by atoms with Crippen LogP contribution in [0.1, 0.15) is 23.1 Å². The van der Waals surface area contributed by atoms with Gasteiger partial charge in [0.15, 0.2) is 5.96 Å². The van der Waals surface area contributed by atoms with Gasteiger partial charge in [-0.15, -0.1) is 0 Å². The van der Waals surface area contributed by atoms with Gasteiger partial charge in [0.25, 0.3) is 0 Å². The van der Waals surface area contributed by atoms with E-state index in [-0.39, 0.29) is 0 Å². The van der Waals surface area contributed by atoms with Crippen molar-refractivity contribution in [1.29, 1.82) is 0 Å². The van der Waals surface area contributed by atoms with Crippen LogP contribution in [0.5, 0.6) is 0 Å². The second-order valence-corrected chi connectivity index (χ2v) is 7.58. The molecule has 3 N–H and O–H groups in total. The summed E-state index contributed by atoms with van der Waals surface area (Å²) in [5.41, 5.74) is 10.8. The summed E-state index contributed by atoms with van der Waals surface area (Å²) in [4.78, 5) is 4.28. The summed E-state index contributed by atoms with van der Waals surface area (Å²) in [5, 5.41) is 3.12. The molecule has 1 atom stereocenters. The maximum Gasteiger partial charge on any atom is 0.193 e. The topological polar surface area (TPSA) is 67.5 Å². The van der Waals surface area contributed by atoms with E-state index >= 15 is 0 Å². The summed E-state index contributed by atoms with van der Waals surface area (Å²) in [6.45, 7) is 0.462. The van der Waals surface area contributed by atoms with Crippen LogP contribution in [0.3, 0.4) is 0 Å². The van der Waals surface area contributed by atoms with Gasteiger partial charge < -0.3 is 11.1 Å². The number of benzene rings is 2. The lowest BCUT2D eigenvalue weighted by Crippen LogP contribution is -2.23. The van der Waals surface area contributed by atoms with E-state index in [0.717, 1.165) is 17.7 Å². The van der Waals surface area contributed by atoms with E-state index in [1.165, 1.54) is 24.0 Å². The second kappa shape index (κ2) is 8.11. The highest BCUT2D eigenvalue weighted by molar-refractivity contribution is 7.84. The minimum absolute atomic E-state index is 0.379. The molecule has 24 heavy (non-hydrogen) atoms. The first-order valence-electron chi connectivity index (χ1n) is 8.28. The van der Waals surface area contributed by atoms with Gasteiger partial charge in [0.1, 0.15) is 0 Å². The molecule has 3 rings (SSSR count). The molecule has 4 nitrogen and oxygen atoms in total. The molecule has 1 aliphatic carbocycles. The number of anilines is 1. The third-order valence-electron chi connectivity index (χ3n) is 4.14. The van der Waals surface area contributed by atoms with Gasteiger partial charge in [-0.25, -0.2) is 0 Å². The fourth-order valence-corrected chi connectivity index (χ4v) is 3.94. The quantitative estimate of drug-likeness (QED) is 0.627. The summed E-state index contributed by atoms with van der Waals surface area (Å²) >= 11 is 0. The summed E-state index contributed by atoms with van der Waals surface area (Å²) in [5.74, 6) is 1.46. The molecule has 0 aliphatic heterocycles. The van der Waals surface area contributed by atoms with Crippen molar-refractivity contribution in [1.82, 2.24) is 0 Å². The standard InChI is InChI=1S/C19H23N3OS/c20-19(22-18-10-9-16-7-4-8-17(16)13-18)21-11-12-24(23)14-15-5-2-1-3-6-15/h1-3,5-6,9-10,13H,4,7-8,11-12,14H2,(H3,20,21,22). The fraction of sp³-hybridized carbons (Fsp3) is 0.316. The van der Waals surface area contributed by atoms with Gasteiger partial charge in [0.2, 0.25) is 0 Å². The van der Waals surface area contributed by atoms with Crippen molar-refractivity contribution in [2.24, 2.45) is 10.7 Å². The smallest absolute Gasteiger partial charge is 0.193 e. The molecule has 2 aromatic carbocycles. The molecule has 0 saturated carbocycles. The van der Waals surface area contributed by atoms with E-state index in [2.05, 4.69) is 22.4 Å². The zero-order valence-electron chi connectivity index (χ0n) is 13.7. The molecule has 0 amide bonds. The largest absolute Gasteiger partial charge is 0.370 e. The molecular weight excluding hydrogens is 318 g/mol. The third kappa shape index (κ3) is 4.68. The molecule has 0 bridgehead atoms. The molecule has 5 heteroatoms. The summed E-state index contributed by atoms with van der Waals surface area (Å²) in [6.07, 6.45) is 3.54. The third-order valence-corrected chi connectivity index (χ3v) is 5.44. The predicted octanol–water partition coefficient (Wildman–Crippen LogP) is 2.85. The monoisotopic (exact) mass is 341 g/mol. The number of rotatable bonds is 6. The van der Waals surface area contributed by atoms with E-state index in [1.54, 1.807) is 0 Å². The van der Waals surface area contributed by atoms with Crippen molar-refractivity contribution in [3.63, 3.8) is 0 Å². The average molecular weight is 341 g/mol.